The van der Waals surface area contributed by atoms with Crippen LogP contribution in [0.2, 0.25) is 0 Å². The quantitative estimate of drug-likeness (QED) is 0.873. The van der Waals surface area contributed by atoms with Crippen LogP contribution in [0, 0.1) is 0 Å². The van der Waals surface area contributed by atoms with Crippen LogP contribution in [0.4, 0.5) is 0 Å². The summed E-state index contributed by atoms with van der Waals surface area (Å²) in [6.45, 7) is 6.50. The molecule has 2 rings (SSSR count). The van der Waals surface area contributed by atoms with Crippen LogP contribution in [0.3, 0.4) is 0 Å². The number of benzene rings is 1. The minimum atomic E-state index is 0. The van der Waals surface area contributed by atoms with Crippen molar-refractivity contribution in [3.63, 3.8) is 0 Å². The molecule has 1 aromatic rings. The van der Waals surface area contributed by atoms with Crippen molar-refractivity contribution in [3.05, 3.63) is 35.4 Å². The van der Waals surface area contributed by atoms with Crippen molar-refractivity contribution < 1.29 is 4.79 Å². The molecule has 0 aromatic heterocycles. The van der Waals surface area contributed by atoms with Crippen LogP contribution in [-0.4, -0.2) is 36.5 Å². The van der Waals surface area contributed by atoms with Gasteiger partial charge in [-0.1, -0.05) is 31.2 Å². The van der Waals surface area contributed by atoms with E-state index < -0.39 is 0 Å². The van der Waals surface area contributed by atoms with Gasteiger partial charge < -0.3 is 11.1 Å². The molecule has 1 unspecified atom stereocenters. The number of nitrogens with zero attached hydrogens (tertiary/aromatic N) is 1. The first kappa shape index (κ1) is 18.9. The Hall–Kier alpha value is -1.10. The fraction of sp³-hybridized carbons (Fsp3) is 0.588. The summed E-state index contributed by atoms with van der Waals surface area (Å²) >= 11 is 0. The molecule has 0 saturated carbocycles. The van der Waals surface area contributed by atoms with E-state index in [0.717, 1.165) is 37.9 Å². The second-order valence-electron chi connectivity index (χ2n) is 6.00. The Morgan fingerprint density at radius 3 is 2.45 bits per heavy atom. The summed E-state index contributed by atoms with van der Waals surface area (Å²) in [5.74, 6) is 0.0949. The number of carbonyl (C=O) groups is 1. The number of aryl methyl sites for hydroxylation is 1. The monoisotopic (exact) mass is 325 g/mol. The van der Waals surface area contributed by atoms with Crippen molar-refractivity contribution in [3.8, 4) is 0 Å². The van der Waals surface area contributed by atoms with Gasteiger partial charge in [0.25, 0.3) is 0 Å². The van der Waals surface area contributed by atoms with Gasteiger partial charge in [-0.15, -0.1) is 12.4 Å². The van der Waals surface area contributed by atoms with Crippen molar-refractivity contribution in [2.75, 3.05) is 19.6 Å². The number of nitrogens with two attached hydrogens (primary N) is 1. The number of nitrogens with one attached hydrogen (secondary N) is 1. The van der Waals surface area contributed by atoms with Crippen LogP contribution < -0.4 is 11.1 Å². The summed E-state index contributed by atoms with van der Waals surface area (Å²) in [7, 11) is 0. The molecule has 5 heteroatoms. The minimum Gasteiger partial charge on any atom is -0.348 e. The first-order valence-electron chi connectivity index (χ1n) is 7.94. The number of piperidine rings is 1. The highest BCUT2D eigenvalue weighted by Gasteiger charge is 2.19. The molecular weight excluding hydrogens is 298 g/mol. The van der Waals surface area contributed by atoms with Crippen molar-refractivity contribution in [1.82, 2.24) is 10.2 Å². The van der Waals surface area contributed by atoms with Gasteiger partial charge in [0.05, 0.1) is 12.6 Å². The molecule has 3 N–H and O–H groups in total. The second kappa shape index (κ2) is 9.13. The lowest BCUT2D eigenvalue weighted by Gasteiger charge is -2.29. The molecule has 124 valence electrons. The Balaban J connectivity index is 0.00000242. The maximum atomic E-state index is 12.1. The van der Waals surface area contributed by atoms with E-state index in [9.17, 15) is 4.79 Å². The molecule has 22 heavy (non-hydrogen) atoms. The molecule has 1 saturated heterocycles. The van der Waals surface area contributed by atoms with Crippen LogP contribution >= 0.6 is 12.4 Å². The van der Waals surface area contributed by atoms with Gasteiger partial charge in [-0.05, 0) is 37.3 Å². The normalized spacial score (nSPS) is 17.6. The second-order valence-corrected chi connectivity index (χ2v) is 6.00. The summed E-state index contributed by atoms with van der Waals surface area (Å²) < 4.78 is 0. The summed E-state index contributed by atoms with van der Waals surface area (Å²) in [6.07, 6.45) is 3.01. The van der Waals surface area contributed by atoms with Gasteiger partial charge >= 0.3 is 0 Å². The van der Waals surface area contributed by atoms with E-state index in [1.165, 1.54) is 5.56 Å². The predicted molar refractivity (Wildman–Crippen MR) is 93.3 cm³/mol. The molecule has 1 fully saturated rings. The van der Waals surface area contributed by atoms with Crippen LogP contribution in [0.25, 0.3) is 0 Å². The maximum Gasteiger partial charge on any atom is 0.234 e. The van der Waals surface area contributed by atoms with Crippen LogP contribution in [-0.2, 0) is 11.2 Å². The molecule has 1 aromatic carbocycles. The number of rotatable bonds is 5. The van der Waals surface area contributed by atoms with Gasteiger partial charge in [0.15, 0.2) is 0 Å². The number of hydrogen-bond acceptors (Lipinski definition) is 3. The van der Waals surface area contributed by atoms with Gasteiger partial charge in [0.2, 0.25) is 5.91 Å². The lowest BCUT2D eigenvalue weighted by atomic mass is 10.0. The van der Waals surface area contributed by atoms with Crippen LogP contribution in [0.1, 0.15) is 43.9 Å². The molecule has 0 aliphatic carbocycles. The van der Waals surface area contributed by atoms with E-state index in [4.69, 9.17) is 5.73 Å². The standard InChI is InChI=1S/C17H27N3O.ClH/c1-3-14-4-6-15(7-5-14)13(2)19-17(21)12-20-10-8-16(18)9-11-20;/h4-7,13,16H,3,8-12,18H2,1-2H3,(H,19,21);1H. The third-order valence-corrected chi connectivity index (χ3v) is 4.26. The molecule has 4 nitrogen and oxygen atoms in total. The molecule has 0 spiro atoms. The number of halogens is 1. The molecule has 1 aliphatic heterocycles. The van der Waals surface area contributed by atoms with Gasteiger partial charge in [0.1, 0.15) is 0 Å². The average molecular weight is 326 g/mol. The highest BCUT2D eigenvalue weighted by molar-refractivity contribution is 5.85. The lowest BCUT2D eigenvalue weighted by molar-refractivity contribution is -0.123. The lowest BCUT2D eigenvalue weighted by Crippen LogP contribution is -2.44. The van der Waals surface area contributed by atoms with Crippen molar-refractivity contribution >= 4 is 18.3 Å². The van der Waals surface area contributed by atoms with E-state index in [-0.39, 0.29) is 24.4 Å². The zero-order chi connectivity index (χ0) is 15.2. The van der Waals surface area contributed by atoms with Gasteiger partial charge in [-0.25, -0.2) is 0 Å². The zero-order valence-corrected chi connectivity index (χ0v) is 14.4. The van der Waals surface area contributed by atoms with E-state index in [1.807, 2.05) is 6.92 Å². The summed E-state index contributed by atoms with van der Waals surface area (Å²) in [4.78, 5) is 14.3. The highest BCUT2D eigenvalue weighted by Crippen LogP contribution is 2.14. The Labute approximate surface area is 139 Å². The zero-order valence-electron chi connectivity index (χ0n) is 13.5. The Morgan fingerprint density at radius 2 is 1.91 bits per heavy atom. The SMILES string of the molecule is CCc1ccc(C(C)NC(=O)CN2CCC(N)CC2)cc1.Cl. The Kier molecular flexibility index (Phi) is 7.87. The van der Waals surface area contributed by atoms with Crippen LogP contribution in [0.5, 0.6) is 0 Å². The van der Waals surface area contributed by atoms with E-state index >= 15 is 0 Å². The number of carbonyl (C=O) groups excluding carboxylic acids is 1. The van der Waals surface area contributed by atoms with Crippen molar-refractivity contribution in [2.45, 2.75) is 45.2 Å². The van der Waals surface area contributed by atoms with Gasteiger partial charge in [-0.3, -0.25) is 9.69 Å². The third-order valence-electron chi connectivity index (χ3n) is 4.26. The summed E-state index contributed by atoms with van der Waals surface area (Å²) in [5.41, 5.74) is 8.36. The molecule has 0 radical (unpaired) electrons. The largest absolute Gasteiger partial charge is 0.348 e. The maximum absolute atomic E-state index is 12.1. The predicted octanol–water partition coefficient (Wildman–Crippen LogP) is 2.27. The first-order chi connectivity index (χ1) is 10.1. The molecule has 1 heterocycles. The van der Waals surface area contributed by atoms with Crippen molar-refractivity contribution in [2.24, 2.45) is 5.73 Å². The highest BCUT2D eigenvalue weighted by atomic mass is 35.5. The Morgan fingerprint density at radius 1 is 1.32 bits per heavy atom. The molecule has 0 bridgehead atoms. The topological polar surface area (TPSA) is 58.4 Å². The fourth-order valence-corrected chi connectivity index (χ4v) is 2.73. The molecular formula is C17H28ClN3O. The van der Waals surface area contributed by atoms with Gasteiger partial charge in [-0.2, -0.15) is 0 Å². The summed E-state index contributed by atoms with van der Waals surface area (Å²) in [6, 6.07) is 8.82. The van der Waals surface area contributed by atoms with Crippen molar-refractivity contribution in [1.29, 1.82) is 0 Å². The summed E-state index contributed by atoms with van der Waals surface area (Å²) in [5, 5.41) is 3.08. The van der Waals surface area contributed by atoms with Crippen LogP contribution in [0.15, 0.2) is 24.3 Å². The first-order valence-corrected chi connectivity index (χ1v) is 7.94. The van der Waals surface area contributed by atoms with Gasteiger partial charge in [0, 0.05) is 19.1 Å². The minimum absolute atomic E-state index is 0. The van der Waals surface area contributed by atoms with E-state index in [2.05, 4.69) is 41.4 Å². The molecule has 1 amide bonds. The third kappa shape index (κ3) is 5.59. The molecule has 1 atom stereocenters. The molecule has 1 aliphatic rings. The smallest absolute Gasteiger partial charge is 0.234 e. The number of amides is 1. The average Bonchev–Trinajstić information content (AvgIpc) is 2.49. The fourth-order valence-electron chi connectivity index (χ4n) is 2.73. The number of likely N-dealkylation sites (tertiary alicyclic amines) is 1. The number of hydrogen-bond donors (Lipinski definition) is 2. The Bertz CT molecular complexity index is 455. The van der Waals surface area contributed by atoms with E-state index in [0.29, 0.717) is 12.6 Å². The van der Waals surface area contributed by atoms with E-state index in [1.54, 1.807) is 0 Å².